The van der Waals surface area contributed by atoms with E-state index in [-0.39, 0.29) is 6.04 Å². The summed E-state index contributed by atoms with van der Waals surface area (Å²) in [4.78, 5) is 6.68. The molecule has 1 unspecified atom stereocenters. The van der Waals surface area contributed by atoms with Gasteiger partial charge in [-0.3, -0.25) is 0 Å². The van der Waals surface area contributed by atoms with E-state index < -0.39 is 0 Å². The predicted molar refractivity (Wildman–Crippen MR) is 80.8 cm³/mol. The van der Waals surface area contributed by atoms with Crippen LogP contribution >= 0.6 is 0 Å². The van der Waals surface area contributed by atoms with Gasteiger partial charge in [0.1, 0.15) is 5.82 Å². The smallest absolute Gasteiger partial charge is 0.135 e. The Morgan fingerprint density at radius 1 is 1.26 bits per heavy atom. The number of rotatable bonds is 4. The quantitative estimate of drug-likeness (QED) is 0.913. The molecule has 0 aliphatic carbocycles. The van der Waals surface area contributed by atoms with Crippen LogP contribution in [0.25, 0.3) is 0 Å². The summed E-state index contributed by atoms with van der Waals surface area (Å²) in [6.07, 6.45) is 2.79. The van der Waals surface area contributed by atoms with Gasteiger partial charge in [-0.25, -0.2) is 4.98 Å². The largest absolute Gasteiger partial charge is 0.329 e. The number of benzene rings is 1. The molecule has 3 heteroatoms. The Labute approximate surface area is 115 Å². The minimum absolute atomic E-state index is 0.166. The summed E-state index contributed by atoms with van der Waals surface area (Å²) in [6.45, 7) is 4.10. The van der Waals surface area contributed by atoms with Gasteiger partial charge in [0.15, 0.2) is 0 Å². The van der Waals surface area contributed by atoms with Crippen LogP contribution in [0.2, 0.25) is 0 Å². The van der Waals surface area contributed by atoms with Crippen molar-refractivity contribution in [3.8, 4) is 0 Å². The summed E-state index contributed by atoms with van der Waals surface area (Å²) in [5.41, 5.74) is 9.33. The molecule has 0 aliphatic heterocycles. The number of nitrogens with zero attached hydrogens (tertiary/aromatic N) is 2. The molecule has 1 heterocycles. The molecule has 1 aromatic carbocycles. The fraction of sp³-hybridized carbons (Fsp3) is 0.312. The van der Waals surface area contributed by atoms with Crippen molar-refractivity contribution in [2.75, 3.05) is 11.9 Å². The van der Waals surface area contributed by atoms with Crippen molar-refractivity contribution < 1.29 is 0 Å². The average Bonchev–Trinajstić information content (AvgIpc) is 2.38. The highest BCUT2D eigenvalue weighted by atomic mass is 15.2. The monoisotopic (exact) mass is 255 g/mol. The molecular formula is C16H21N3. The van der Waals surface area contributed by atoms with E-state index in [4.69, 9.17) is 5.73 Å². The van der Waals surface area contributed by atoms with E-state index in [1.807, 2.05) is 38.4 Å². The fourth-order valence-corrected chi connectivity index (χ4v) is 2.23. The number of hydrogen-bond acceptors (Lipinski definition) is 3. The first kappa shape index (κ1) is 13.6. The zero-order valence-corrected chi connectivity index (χ0v) is 11.8. The summed E-state index contributed by atoms with van der Waals surface area (Å²) in [6, 6.07) is 12.6. The normalized spacial score (nSPS) is 12.2. The van der Waals surface area contributed by atoms with Crippen molar-refractivity contribution >= 4 is 11.5 Å². The summed E-state index contributed by atoms with van der Waals surface area (Å²) in [5, 5.41) is 0. The molecule has 0 aliphatic rings. The van der Waals surface area contributed by atoms with Crippen LogP contribution < -0.4 is 10.6 Å². The van der Waals surface area contributed by atoms with Crippen molar-refractivity contribution in [3.05, 3.63) is 53.7 Å². The van der Waals surface area contributed by atoms with Crippen molar-refractivity contribution in [1.82, 2.24) is 4.98 Å². The van der Waals surface area contributed by atoms with Crippen LogP contribution in [0.5, 0.6) is 0 Å². The molecular weight excluding hydrogens is 234 g/mol. The number of pyridine rings is 1. The highest BCUT2D eigenvalue weighted by Gasteiger charge is 2.09. The third-order valence-corrected chi connectivity index (χ3v) is 3.13. The van der Waals surface area contributed by atoms with E-state index in [2.05, 4.69) is 35.0 Å². The number of aryl methyl sites for hydroxylation is 1. The van der Waals surface area contributed by atoms with Gasteiger partial charge in [-0.1, -0.05) is 24.3 Å². The lowest BCUT2D eigenvalue weighted by atomic mass is 10.1. The topological polar surface area (TPSA) is 42.1 Å². The maximum absolute atomic E-state index is 5.83. The Morgan fingerprint density at radius 3 is 2.53 bits per heavy atom. The summed E-state index contributed by atoms with van der Waals surface area (Å²) >= 11 is 0. The molecule has 0 bridgehead atoms. The molecule has 0 radical (unpaired) electrons. The lowest BCUT2D eigenvalue weighted by molar-refractivity contribution is 0.735. The van der Waals surface area contributed by atoms with Gasteiger partial charge < -0.3 is 10.6 Å². The van der Waals surface area contributed by atoms with E-state index in [0.717, 1.165) is 17.9 Å². The fourth-order valence-electron chi connectivity index (χ4n) is 2.23. The van der Waals surface area contributed by atoms with Gasteiger partial charge in [-0.15, -0.1) is 0 Å². The number of nitrogens with two attached hydrogens (primary N) is 1. The molecule has 2 rings (SSSR count). The van der Waals surface area contributed by atoms with Gasteiger partial charge in [0, 0.05) is 25.0 Å². The van der Waals surface area contributed by atoms with Crippen LogP contribution in [0.3, 0.4) is 0 Å². The Bertz CT molecular complexity index is 535. The Morgan fingerprint density at radius 2 is 1.95 bits per heavy atom. The Kier molecular flexibility index (Phi) is 4.17. The highest BCUT2D eigenvalue weighted by Crippen LogP contribution is 2.24. The third-order valence-electron chi connectivity index (χ3n) is 3.13. The molecule has 100 valence electrons. The standard InChI is InChI=1S/C16H21N3/c1-12-9-14(10-13(2)17)11-18-16(12)19(3)15-7-5-4-6-8-15/h4-9,11,13H,10,17H2,1-3H3. The van der Waals surface area contributed by atoms with E-state index in [0.29, 0.717) is 0 Å². The van der Waals surface area contributed by atoms with E-state index in [1.165, 1.54) is 11.1 Å². The lowest BCUT2D eigenvalue weighted by Gasteiger charge is -2.21. The van der Waals surface area contributed by atoms with Gasteiger partial charge >= 0.3 is 0 Å². The molecule has 3 nitrogen and oxygen atoms in total. The Balaban J connectivity index is 2.26. The average molecular weight is 255 g/mol. The molecule has 2 N–H and O–H groups in total. The van der Waals surface area contributed by atoms with Gasteiger partial charge in [-0.05, 0) is 43.5 Å². The van der Waals surface area contributed by atoms with Crippen LogP contribution in [0.1, 0.15) is 18.1 Å². The number of para-hydroxylation sites is 1. The molecule has 1 aromatic heterocycles. The predicted octanol–water partition coefficient (Wildman–Crippen LogP) is 3.05. The molecule has 0 spiro atoms. The van der Waals surface area contributed by atoms with Crippen LogP contribution in [0.4, 0.5) is 11.5 Å². The van der Waals surface area contributed by atoms with Gasteiger partial charge in [0.2, 0.25) is 0 Å². The van der Waals surface area contributed by atoms with Crippen molar-refractivity contribution in [2.24, 2.45) is 5.73 Å². The van der Waals surface area contributed by atoms with E-state index >= 15 is 0 Å². The van der Waals surface area contributed by atoms with Crippen molar-refractivity contribution in [1.29, 1.82) is 0 Å². The molecule has 2 aromatic rings. The molecule has 1 atom stereocenters. The number of anilines is 2. The van der Waals surface area contributed by atoms with Gasteiger partial charge in [0.05, 0.1) is 0 Å². The molecule has 0 saturated heterocycles. The van der Waals surface area contributed by atoms with Crippen molar-refractivity contribution in [2.45, 2.75) is 26.3 Å². The van der Waals surface area contributed by atoms with E-state index in [9.17, 15) is 0 Å². The Hall–Kier alpha value is -1.87. The second-order valence-corrected chi connectivity index (χ2v) is 5.06. The second-order valence-electron chi connectivity index (χ2n) is 5.06. The SMILES string of the molecule is Cc1cc(CC(C)N)cnc1N(C)c1ccccc1. The summed E-state index contributed by atoms with van der Waals surface area (Å²) in [5.74, 6) is 0.986. The van der Waals surface area contributed by atoms with Gasteiger partial charge in [-0.2, -0.15) is 0 Å². The molecule has 0 fully saturated rings. The maximum Gasteiger partial charge on any atom is 0.135 e. The molecule has 0 amide bonds. The third kappa shape index (κ3) is 3.32. The van der Waals surface area contributed by atoms with Crippen LogP contribution in [-0.2, 0) is 6.42 Å². The summed E-state index contributed by atoms with van der Waals surface area (Å²) in [7, 11) is 2.04. The van der Waals surface area contributed by atoms with Crippen LogP contribution in [-0.4, -0.2) is 18.1 Å². The second kappa shape index (κ2) is 5.85. The number of aromatic nitrogens is 1. The van der Waals surface area contributed by atoms with Crippen molar-refractivity contribution in [3.63, 3.8) is 0 Å². The minimum atomic E-state index is 0.166. The zero-order valence-electron chi connectivity index (χ0n) is 11.8. The lowest BCUT2D eigenvalue weighted by Crippen LogP contribution is -2.18. The first-order valence-electron chi connectivity index (χ1n) is 6.58. The molecule has 19 heavy (non-hydrogen) atoms. The first-order chi connectivity index (χ1) is 9.08. The first-order valence-corrected chi connectivity index (χ1v) is 6.58. The maximum atomic E-state index is 5.83. The summed E-state index contributed by atoms with van der Waals surface area (Å²) < 4.78 is 0. The number of hydrogen-bond donors (Lipinski definition) is 1. The molecule has 0 saturated carbocycles. The van der Waals surface area contributed by atoms with Crippen LogP contribution in [0, 0.1) is 6.92 Å². The van der Waals surface area contributed by atoms with Gasteiger partial charge in [0.25, 0.3) is 0 Å². The highest BCUT2D eigenvalue weighted by molar-refractivity contribution is 5.61. The minimum Gasteiger partial charge on any atom is -0.329 e. The zero-order chi connectivity index (χ0) is 13.8. The van der Waals surface area contributed by atoms with Crippen LogP contribution in [0.15, 0.2) is 42.6 Å². The van der Waals surface area contributed by atoms with E-state index in [1.54, 1.807) is 0 Å².